The predicted molar refractivity (Wildman–Crippen MR) is 212 cm³/mol. The van der Waals surface area contributed by atoms with Gasteiger partial charge in [0.05, 0.1) is 53.3 Å². The van der Waals surface area contributed by atoms with Crippen molar-refractivity contribution in [2.24, 2.45) is 28.6 Å². The molecule has 4 aliphatic carbocycles. The van der Waals surface area contributed by atoms with Crippen LogP contribution in [0, 0.1) is 41.4 Å². The fourth-order valence-electron chi connectivity index (χ4n) is 6.33. The molecule has 2 aromatic heterocycles. The van der Waals surface area contributed by atoms with Gasteiger partial charge in [-0.1, -0.05) is 102 Å². The Morgan fingerprint density at radius 3 is 1.40 bits per heavy atom. The molecule has 2 heterocycles. The SMILES string of the molecule is C#C.CC(C)C1(C(=O)NCc2ncc(-c3ccc(-c4ccc(-c5cnc(CNC(=O)C6(C(C)(C)O)CC6)[nH]5)cc4)cc3)[nH]2)CC1.CC1CC1.CC1CC1. The maximum Gasteiger partial charge on any atom is 0.229 e. The Morgan fingerprint density at radius 2 is 1.09 bits per heavy atom. The van der Waals surface area contributed by atoms with Gasteiger partial charge >= 0.3 is 0 Å². The van der Waals surface area contributed by atoms with Crippen LogP contribution in [-0.2, 0) is 22.7 Å². The summed E-state index contributed by atoms with van der Waals surface area (Å²) in [5.41, 5.74) is 4.08. The van der Waals surface area contributed by atoms with Crippen molar-refractivity contribution in [2.75, 3.05) is 0 Å². The second-order valence-electron chi connectivity index (χ2n) is 16.3. The number of hydrogen-bond donors (Lipinski definition) is 5. The van der Waals surface area contributed by atoms with Crippen molar-refractivity contribution in [2.45, 2.75) is 112 Å². The zero-order chi connectivity index (χ0) is 38.4. The highest BCUT2D eigenvalue weighted by Gasteiger charge is 2.59. The molecule has 4 saturated carbocycles. The molecular weight excluding hydrogens is 661 g/mol. The van der Waals surface area contributed by atoms with Crippen LogP contribution in [0.25, 0.3) is 33.6 Å². The highest BCUT2D eigenvalue weighted by Crippen LogP contribution is 2.54. The Balaban J connectivity index is 0.000000473. The first-order valence-electron chi connectivity index (χ1n) is 19.2. The second kappa shape index (κ2) is 16.6. The van der Waals surface area contributed by atoms with Gasteiger partial charge in [-0.3, -0.25) is 9.59 Å². The van der Waals surface area contributed by atoms with Gasteiger partial charge in [0.1, 0.15) is 11.6 Å². The Morgan fingerprint density at radius 1 is 0.736 bits per heavy atom. The lowest BCUT2D eigenvalue weighted by Gasteiger charge is -2.28. The normalized spacial score (nSPS) is 17.5. The van der Waals surface area contributed by atoms with Crippen LogP contribution >= 0.6 is 0 Å². The van der Waals surface area contributed by atoms with Crippen LogP contribution in [0.3, 0.4) is 0 Å². The van der Waals surface area contributed by atoms with E-state index in [1.165, 1.54) is 25.7 Å². The van der Waals surface area contributed by atoms with Crippen molar-refractivity contribution in [3.63, 3.8) is 0 Å². The summed E-state index contributed by atoms with van der Waals surface area (Å²) in [5.74, 6) is 3.93. The molecule has 2 aromatic carbocycles. The predicted octanol–water partition coefficient (Wildman–Crippen LogP) is 8.44. The molecule has 0 aliphatic heterocycles. The number of hydrogen-bond acceptors (Lipinski definition) is 5. The van der Waals surface area contributed by atoms with E-state index in [4.69, 9.17) is 0 Å². The zero-order valence-electron chi connectivity index (χ0n) is 32.4. The molecule has 9 nitrogen and oxygen atoms in total. The smallest absolute Gasteiger partial charge is 0.229 e. The van der Waals surface area contributed by atoms with Gasteiger partial charge < -0.3 is 25.7 Å². The highest BCUT2D eigenvalue weighted by molar-refractivity contribution is 5.86. The van der Waals surface area contributed by atoms with Gasteiger partial charge in [0.25, 0.3) is 0 Å². The van der Waals surface area contributed by atoms with E-state index in [1.807, 2.05) is 18.3 Å². The van der Waals surface area contributed by atoms with Crippen LogP contribution < -0.4 is 10.6 Å². The molecule has 282 valence electrons. The van der Waals surface area contributed by atoms with Gasteiger partial charge in [-0.25, -0.2) is 9.97 Å². The lowest BCUT2D eigenvalue weighted by Crippen LogP contribution is -2.45. The van der Waals surface area contributed by atoms with Gasteiger partial charge in [0, 0.05) is 0 Å². The molecule has 5 N–H and O–H groups in total. The van der Waals surface area contributed by atoms with Crippen LogP contribution in [0.4, 0.5) is 0 Å². The number of nitrogens with zero attached hydrogens (tertiary/aromatic N) is 2. The molecule has 53 heavy (non-hydrogen) atoms. The number of terminal acetylenes is 1. The van der Waals surface area contributed by atoms with E-state index >= 15 is 0 Å². The number of H-pyrrole nitrogens is 2. The minimum absolute atomic E-state index is 0.127. The maximum atomic E-state index is 12.7. The first kappa shape index (κ1) is 39.5. The first-order chi connectivity index (χ1) is 25.3. The monoisotopic (exact) mass is 718 g/mol. The van der Waals surface area contributed by atoms with E-state index in [-0.39, 0.29) is 23.8 Å². The van der Waals surface area contributed by atoms with Crippen molar-refractivity contribution in [1.29, 1.82) is 0 Å². The summed E-state index contributed by atoms with van der Waals surface area (Å²) >= 11 is 0. The number of carbonyl (C=O) groups excluding carboxylic acids is 2. The molecule has 2 amide bonds. The molecule has 0 radical (unpaired) electrons. The number of benzene rings is 2. The van der Waals surface area contributed by atoms with Crippen LogP contribution in [0.15, 0.2) is 60.9 Å². The van der Waals surface area contributed by atoms with Crippen LogP contribution in [0.1, 0.15) is 105 Å². The summed E-state index contributed by atoms with van der Waals surface area (Å²) in [6, 6.07) is 16.6. The lowest BCUT2D eigenvalue weighted by molar-refractivity contribution is -0.135. The Hall–Kier alpha value is -4.68. The fraction of sp³-hybridized carbons (Fsp3) is 0.500. The van der Waals surface area contributed by atoms with Crippen molar-refractivity contribution in [1.82, 2.24) is 30.6 Å². The summed E-state index contributed by atoms with van der Waals surface area (Å²) in [6.45, 7) is 12.8. The molecule has 0 bridgehead atoms. The minimum Gasteiger partial charge on any atom is -0.389 e. The quantitative estimate of drug-likeness (QED) is 0.0993. The standard InChI is InChI=1S/C34H40N6O3.2C4H8.C2H2/c1-21(2)33(13-14-33)30(41)37-19-28-35-17-26(39-28)24-9-5-22(6-10-24)23-7-11-25(12-8-23)27-18-36-29(40-27)20-38-31(42)34(15-16-34)32(3,4)43;2*1-4-2-3-4;1-2/h5-12,17-18,21,43H,13-16,19-20H2,1-4H3,(H,35,39)(H,36,40)(H,37,41)(H,38,42);2*4H,2-3H2,1H3;1-2H. The lowest BCUT2D eigenvalue weighted by atomic mass is 9.87. The van der Waals surface area contributed by atoms with Gasteiger partial charge in [-0.05, 0) is 79.5 Å². The van der Waals surface area contributed by atoms with Crippen molar-refractivity contribution in [3.8, 4) is 46.5 Å². The third-order valence-corrected chi connectivity index (χ3v) is 11.2. The average molecular weight is 719 g/mol. The number of amides is 2. The zero-order valence-corrected chi connectivity index (χ0v) is 32.4. The Bertz CT molecular complexity index is 1820. The largest absolute Gasteiger partial charge is 0.389 e. The molecule has 0 spiro atoms. The molecule has 4 fully saturated rings. The number of rotatable bonds is 11. The molecule has 4 aromatic rings. The average Bonchev–Trinajstić information content (AvgIpc) is 3.97. The van der Waals surface area contributed by atoms with Gasteiger partial charge in [-0.2, -0.15) is 0 Å². The number of aliphatic hydroxyl groups is 1. The third kappa shape index (κ3) is 10.1. The van der Waals surface area contributed by atoms with Gasteiger partial charge in [0.2, 0.25) is 11.8 Å². The molecule has 0 saturated heterocycles. The van der Waals surface area contributed by atoms with Gasteiger partial charge in [0.15, 0.2) is 0 Å². The third-order valence-electron chi connectivity index (χ3n) is 11.2. The maximum absolute atomic E-state index is 12.7. The van der Waals surface area contributed by atoms with E-state index in [1.54, 1.807) is 20.0 Å². The number of carbonyl (C=O) groups is 2. The van der Waals surface area contributed by atoms with Crippen molar-refractivity contribution >= 4 is 11.8 Å². The summed E-state index contributed by atoms with van der Waals surface area (Å²) in [4.78, 5) is 40.8. The summed E-state index contributed by atoms with van der Waals surface area (Å²) in [5, 5.41) is 16.4. The second-order valence-corrected chi connectivity index (χ2v) is 16.3. The van der Waals surface area contributed by atoms with Crippen molar-refractivity contribution < 1.29 is 14.7 Å². The Labute approximate surface area is 315 Å². The minimum atomic E-state index is -1.04. The fourth-order valence-corrected chi connectivity index (χ4v) is 6.33. The summed E-state index contributed by atoms with van der Waals surface area (Å²) in [6.07, 6.45) is 20.8. The molecule has 8 rings (SSSR count). The van der Waals surface area contributed by atoms with E-state index < -0.39 is 11.0 Å². The number of nitrogens with one attached hydrogen (secondary N) is 4. The van der Waals surface area contributed by atoms with Crippen LogP contribution in [0.5, 0.6) is 0 Å². The van der Waals surface area contributed by atoms with Crippen LogP contribution in [-0.4, -0.2) is 42.5 Å². The Kier molecular flexibility index (Phi) is 12.3. The molecular formula is C44H58N6O3. The van der Waals surface area contributed by atoms with Gasteiger partial charge in [-0.15, -0.1) is 12.8 Å². The van der Waals surface area contributed by atoms with E-state index in [2.05, 4.69) is 108 Å². The molecule has 9 heteroatoms. The van der Waals surface area contributed by atoms with Crippen molar-refractivity contribution in [3.05, 3.63) is 72.6 Å². The number of aromatic amines is 2. The summed E-state index contributed by atoms with van der Waals surface area (Å²) < 4.78 is 0. The van der Waals surface area contributed by atoms with E-state index in [0.717, 1.165) is 64.1 Å². The van der Waals surface area contributed by atoms with E-state index in [9.17, 15) is 14.7 Å². The highest BCUT2D eigenvalue weighted by atomic mass is 16.3. The molecule has 0 atom stereocenters. The van der Waals surface area contributed by atoms with Crippen LogP contribution in [0.2, 0.25) is 0 Å². The van der Waals surface area contributed by atoms with E-state index in [0.29, 0.717) is 31.1 Å². The summed E-state index contributed by atoms with van der Waals surface area (Å²) in [7, 11) is 0. The topological polar surface area (TPSA) is 136 Å². The molecule has 0 unspecified atom stereocenters. The number of imidazole rings is 2. The molecule has 4 aliphatic rings. The number of aromatic nitrogens is 4. The first-order valence-corrected chi connectivity index (χ1v) is 19.2.